The van der Waals surface area contributed by atoms with Gasteiger partial charge in [-0.3, -0.25) is 19.4 Å². The molecular formula is C21H18N4O3. The van der Waals surface area contributed by atoms with Crippen LogP contribution in [0.2, 0.25) is 0 Å². The fourth-order valence-corrected chi connectivity index (χ4v) is 2.49. The van der Waals surface area contributed by atoms with Crippen molar-refractivity contribution >= 4 is 34.8 Å². The number of nitrogens with zero attached hydrogens (tertiary/aromatic N) is 1. The number of anilines is 3. The number of para-hydroxylation sites is 1. The van der Waals surface area contributed by atoms with Crippen LogP contribution in [0.1, 0.15) is 27.8 Å². The zero-order valence-electron chi connectivity index (χ0n) is 15.1. The summed E-state index contributed by atoms with van der Waals surface area (Å²) in [6, 6.07) is 18.7. The van der Waals surface area contributed by atoms with Crippen LogP contribution in [0, 0.1) is 0 Å². The molecule has 0 spiro atoms. The molecule has 140 valence electrons. The highest BCUT2D eigenvalue weighted by atomic mass is 16.2. The second-order valence-electron chi connectivity index (χ2n) is 5.97. The number of rotatable bonds is 5. The van der Waals surface area contributed by atoms with Crippen molar-refractivity contribution in [2.24, 2.45) is 0 Å². The van der Waals surface area contributed by atoms with Crippen LogP contribution in [0.4, 0.5) is 17.1 Å². The quantitative estimate of drug-likeness (QED) is 0.636. The van der Waals surface area contributed by atoms with E-state index < -0.39 is 5.91 Å². The largest absolute Gasteiger partial charge is 0.326 e. The highest BCUT2D eigenvalue weighted by molar-refractivity contribution is 6.08. The van der Waals surface area contributed by atoms with E-state index in [1.807, 2.05) is 18.2 Å². The predicted octanol–water partition coefficient (Wildman–Crippen LogP) is 3.54. The second kappa shape index (κ2) is 8.59. The molecule has 3 aromatic rings. The molecule has 2 aromatic carbocycles. The van der Waals surface area contributed by atoms with E-state index in [1.54, 1.807) is 36.4 Å². The van der Waals surface area contributed by atoms with Crippen LogP contribution >= 0.6 is 0 Å². The molecule has 0 saturated heterocycles. The average molecular weight is 374 g/mol. The predicted molar refractivity (Wildman–Crippen MR) is 107 cm³/mol. The van der Waals surface area contributed by atoms with Gasteiger partial charge >= 0.3 is 0 Å². The van der Waals surface area contributed by atoms with Gasteiger partial charge in [-0.15, -0.1) is 0 Å². The molecule has 1 aromatic heterocycles. The maximum Gasteiger partial charge on any atom is 0.274 e. The van der Waals surface area contributed by atoms with Crippen molar-refractivity contribution in [3.8, 4) is 0 Å². The van der Waals surface area contributed by atoms with Crippen molar-refractivity contribution in [2.45, 2.75) is 6.92 Å². The third kappa shape index (κ3) is 5.01. The zero-order valence-corrected chi connectivity index (χ0v) is 15.1. The fourth-order valence-electron chi connectivity index (χ4n) is 2.49. The Hall–Kier alpha value is -4.00. The number of aromatic nitrogens is 1. The monoisotopic (exact) mass is 374 g/mol. The van der Waals surface area contributed by atoms with Crippen LogP contribution in [0.25, 0.3) is 0 Å². The summed E-state index contributed by atoms with van der Waals surface area (Å²) in [6.45, 7) is 1.40. The van der Waals surface area contributed by atoms with E-state index in [0.29, 0.717) is 22.6 Å². The highest BCUT2D eigenvalue weighted by Crippen LogP contribution is 2.16. The Morgan fingerprint density at radius 2 is 1.36 bits per heavy atom. The number of benzene rings is 2. The number of carbonyl (C=O) groups excluding carboxylic acids is 3. The first-order valence-electron chi connectivity index (χ1n) is 8.53. The lowest BCUT2D eigenvalue weighted by Gasteiger charge is -2.09. The molecule has 1 heterocycles. The number of pyridine rings is 1. The van der Waals surface area contributed by atoms with Gasteiger partial charge in [0.2, 0.25) is 5.91 Å². The van der Waals surface area contributed by atoms with Gasteiger partial charge in [0, 0.05) is 35.7 Å². The summed E-state index contributed by atoms with van der Waals surface area (Å²) in [5.74, 6) is -1.01. The number of hydrogen-bond donors (Lipinski definition) is 3. The topological polar surface area (TPSA) is 100 Å². The van der Waals surface area contributed by atoms with E-state index in [1.165, 1.54) is 25.3 Å². The molecule has 7 heteroatoms. The Morgan fingerprint density at radius 1 is 0.714 bits per heavy atom. The summed E-state index contributed by atoms with van der Waals surface area (Å²) >= 11 is 0. The molecule has 0 saturated carbocycles. The van der Waals surface area contributed by atoms with E-state index in [-0.39, 0.29) is 17.5 Å². The van der Waals surface area contributed by atoms with Gasteiger partial charge in [-0.1, -0.05) is 24.3 Å². The third-order valence-electron chi connectivity index (χ3n) is 3.73. The van der Waals surface area contributed by atoms with E-state index in [4.69, 9.17) is 0 Å². The van der Waals surface area contributed by atoms with Gasteiger partial charge < -0.3 is 16.0 Å². The molecule has 0 aliphatic rings. The van der Waals surface area contributed by atoms with Crippen LogP contribution in [-0.4, -0.2) is 22.7 Å². The number of carbonyl (C=O) groups is 3. The zero-order chi connectivity index (χ0) is 19.9. The molecule has 3 N–H and O–H groups in total. The minimum absolute atomic E-state index is 0.102. The number of hydrogen-bond acceptors (Lipinski definition) is 4. The molecule has 0 fully saturated rings. The van der Waals surface area contributed by atoms with Gasteiger partial charge in [-0.25, -0.2) is 0 Å². The second-order valence-corrected chi connectivity index (χ2v) is 5.97. The van der Waals surface area contributed by atoms with Crippen LogP contribution in [0.15, 0.2) is 72.9 Å². The molecular weight excluding hydrogens is 356 g/mol. The minimum atomic E-state index is -0.464. The summed E-state index contributed by atoms with van der Waals surface area (Å²) in [7, 11) is 0. The summed E-state index contributed by atoms with van der Waals surface area (Å²) in [5.41, 5.74) is 2.14. The Kier molecular flexibility index (Phi) is 5.76. The average Bonchev–Trinajstić information content (AvgIpc) is 2.68. The van der Waals surface area contributed by atoms with Gasteiger partial charge in [-0.05, 0) is 42.5 Å². The minimum Gasteiger partial charge on any atom is -0.326 e. The molecule has 0 aliphatic heterocycles. The van der Waals surface area contributed by atoms with E-state index in [0.717, 1.165) is 0 Å². The molecule has 0 unspecified atom stereocenters. The maximum atomic E-state index is 12.5. The van der Waals surface area contributed by atoms with Crippen LogP contribution in [-0.2, 0) is 4.79 Å². The standard InChI is InChI=1S/C21H18N4O3/c1-14(26)23-17-8-5-9-18(13-17)25-21(28)19-12-15(10-11-22-19)20(27)24-16-6-3-2-4-7-16/h2-13H,1H3,(H,23,26)(H,24,27)(H,25,28). The Morgan fingerprint density at radius 3 is 2.07 bits per heavy atom. The van der Waals surface area contributed by atoms with E-state index >= 15 is 0 Å². The summed E-state index contributed by atoms with van der Waals surface area (Å²) < 4.78 is 0. The van der Waals surface area contributed by atoms with Gasteiger partial charge in [0.15, 0.2) is 0 Å². The molecule has 3 rings (SSSR count). The van der Waals surface area contributed by atoms with Crippen molar-refractivity contribution in [2.75, 3.05) is 16.0 Å². The lowest BCUT2D eigenvalue weighted by molar-refractivity contribution is -0.114. The van der Waals surface area contributed by atoms with E-state index in [9.17, 15) is 14.4 Å². The van der Waals surface area contributed by atoms with Crippen molar-refractivity contribution in [1.29, 1.82) is 0 Å². The highest BCUT2D eigenvalue weighted by Gasteiger charge is 2.13. The Bertz CT molecular complexity index is 1020. The van der Waals surface area contributed by atoms with Gasteiger partial charge in [-0.2, -0.15) is 0 Å². The smallest absolute Gasteiger partial charge is 0.274 e. The fraction of sp³-hybridized carbons (Fsp3) is 0.0476. The van der Waals surface area contributed by atoms with Crippen molar-refractivity contribution in [1.82, 2.24) is 4.98 Å². The summed E-state index contributed by atoms with van der Waals surface area (Å²) in [5, 5.41) is 8.11. The van der Waals surface area contributed by atoms with Crippen LogP contribution in [0.5, 0.6) is 0 Å². The Labute approximate surface area is 161 Å². The van der Waals surface area contributed by atoms with Crippen molar-refractivity contribution in [3.05, 3.63) is 84.2 Å². The molecule has 0 bridgehead atoms. The summed E-state index contributed by atoms with van der Waals surface area (Å²) in [6.07, 6.45) is 1.41. The Balaban J connectivity index is 1.72. The first kappa shape index (κ1) is 18.8. The molecule has 0 radical (unpaired) electrons. The van der Waals surface area contributed by atoms with Gasteiger partial charge in [0.05, 0.1) is 0 Å². The van der Waals surface area contributed by atoms with Gasteiger partial charge in [0.1, 0.15) is 5.69 Å². The first-order valence-corrected chi connectivity index (χ1v) is 8.53. The number of nitrogens with one attached hydrogen (secondary N) is 3. The third-order valence-corrected chi connectivity index (χ3v) is 3.73. The van der Waals surface area contributed by atoms with Gasteiger partial charge in [0.25, 0.3) is 11.8 Å². The van der Waals surface area contributed by atoms with Crippen molar-refractivity contribution in [3.63, 3.8) is 0 Å². The van der Waals surface area contributed by atoms with E-state index in [2.05, 4.69) is 20.9 Å². The molecule has 0 atom stereocenters. The molecule has 28 heavy (non-hydrogen) atoms. The van der Waals surface area contributed by atoms with Crippen LogP contribution in [0.3, 0.4) is 0 Å². The maximum absolute atomic E-state index is 12.5. The molecule has 3 amide bonds. The first-order chi connectivity index (χ1) is 13.5. The molecule has 0 aliphatic carbocycles. The van der Waals surface area contributed by atoms with Crippen molar-refractivity contribution < 1.29 is 14.4 Å². The molecule has 7 nitrogen and oxygen atoms in total. The number of amides is 3. The lowest BCUT2D eigenvalue weighted by atomic mass is 10.2. The summed E-state index contributed by atoms with van der Waals surface area (Å²) in [4.78, 5) is 40.1. The lowest BCUT2D eigenvalue weighted by Crippen LogP contribution is -2.17. The van der Waals surface area contributed by atoms with Crippen LogP contribution < -0.4 is 16.0 Å². The SMILES string of the molecule is CC(=O)Nc1cccc(NC(=O)c2cc(C(=O)Nc3ccccc3)ccn2)c1. The normalized spacial score (nSPS) is 10.0.